The van der Waals surface area contributed by atoms with Gasteiger partial charge in [0.15, 0.2) is 0 Å². The van der Waals surface area contributed by atoms with E-state index >= 15 is 0 Å². The number of likely N-dealkylation sites (tertiary alicyclic amines) is 1. The molecule has 2 aliphatic rings. The van der Waals surface area contributed by atoms with Crippen LogP contribution in [0.2, 0.25) is 0 Å². The predicted molar refractivity (Wildman–Crippen MR) is 123 cm³/mol. The van der Waals surface area contributed by atoms with Crippen molar-refractivity contribution in [3.63, 3.8) is 0 Å². The molecule has 4 rings (SSSR count). The molecule has 8 heteroatoms. The van der Waals surface area contributed by atoms with Gasteiger partial charge in [-0.1, -0.05) is 19.4 Å². The van der Waals surface area contributed by atoms with Gasteiger partial charge in [-0.15, -0.1) is 0 Å². The van der Waals surface area contributed by atoms with Crippen LogP contribution in [0, 0.1) is 5.92 Å². The van der Waals surface area contributed by atoms with Gasteiger partial charge in [0.25, 0.3) is 5.91 Å². The Bertz CT molecular complexity index is 941. The highest BCUT2D eigenvalue weighted by Crippen LogP contribution is 2.37. The van der Waals surface area contributed by atoms with Crippen molar-refractivity contribution in [3.8, 4) is 0 Å². The van der Waals surface area contributed by atoms with E-state index in [2.05, 4.69) is 10.3 Å². The molecule has 4 heterocycles. The third-order valence-corrected chi connectivity index (χ3v) is 7.38. The molecular weight excluding hydrogens is 424 g/mol. The summed E-state index contributed by atoms with van der Waals surface area (Å²) < 4.78 is 0. The second kappa shape index (κ2) is 9.81. The number of hydrogen-bond donors (Lipinski definition) is 1. The summed E-state index contributed by atoms with van der Waals surface area (Å²) in [5, 5.41) is 7.06. The number of carbonyl (C=O) groups is 3. The number of nitrogens with zero attached hydrogens (tertiary/aromatic N) is 3. The van der Waals surface area contributed by atoms with Crippen LogP contribution in [0.4, 0.5) is 4.79 Å². The first-order valence-corrected chi connectivity index (χ1v) is 12.3. The minimum atomic E-state index is -0.863. The number of amides is 4. The Hall–Kier alpha value is -2.74. The summed E-state index contributed by atoms with van der Waals surface area (Å²) in [6.45, 7) is 3.61. The Morgan fingerprint density at radius 1 is 1.25 bits per heavy atom. The summed E-state index contributed by atoms with van der Waals surface area (Å²) in [5.74, 6) is 0.0393. The molecule has 0 aromatic carbocycles. The fourth-order valence-corrected chi connectivity index (χ4v) is 5.63. The van der Waals surface area contributed by atoms with Crippen LogP contribution in [-0.2, 0) is 22.4 Å². The molecule has 2 aromatic heterocycles. The van der Waals surface area contributed by atoms with Gasteiger partial charge in [0.05, 0.1) is 6.42 Å². The number of rotatable bonds is 8. The van der Waals surface area contributed by atoms with Crippen LogP contribution in [0.1, 0.15) is 43.9 Å². The van der Waals surface area contributed by atoms with Crippen LogP contribution in [0.15, 0.2) is 41.2 Å². The highest BCUT2D eigenvalue weighted by atomic mass is 32.1. The maximum atomic E-state index is 13.5. The van der Waals surface area contributed by atoms with Crippen LogP contribution < -0.4 is 5.32 Å². The van der Waals surface area contributed by atoms with E-state index in [9.17, 15) is 14.4 Å². The van der Waals surface area contributed by atoms with Crippen LogP contribution in [0.3, 0.4) is 0 Å². The molecule has 0 spiro atoms. The Morgan fingerprint density at radius 3 is 2.72 bits per heavy atom. The number of thiophene rings is 1. The van der Waals surface area contributed by atoms with E-state index < -0.39 is 5.54 Å². The summed E-state index contributed by atoms with van der Waals surface area (Å²) in [6.07, 6.45) is 5.53. The first-order chi connectivity index (χ1) is 15.5. The van der Waals surface area contributed by atoms with Crippen molar-refractivity contribution in [1.82, 2.24) is 20.1 Å². The molecule has 7 nitrogen and oxygen atoms in total. The third-order valence-electron chi connectivity index (χ3n) is 6.64. The summed E-state index contributed by atoms with van der Waals surface area (Å²) >= 11 is 1.60. The maximum absolute atomic E-state index is 13.5. The average Bonchev–Trinajstić information content (AvgIpc) is 3.40. The molecule has 1 atom stereocenters. The summed E-state index contributed by atoms with van der Waals surface area (Å²) in [7, 11) is 0. The lowest BCUT2D eigenvalue weighted by atomic mass is 9.74. The van der Waals surface area contributed by atoms with Crippen molar-refractivity contribution in [2.24, 2.45) is 5.92 Å². The monoisotopic (exact) mass is 454 g/mol. The van der Waals surface area contributed by atoms with E-state index in [4.69, 9.17) is 0 Å². The first kappa shape index (κ1) is 22.5. The summed E-state index contributed by atoms with van der Waals surface area (Å²) in [5.41, 5.74) is 1.04. The van der Waals surface area contributed by atoms with Crippen molar-refractivity contribution in [2.45, 2.75) is 51.0 Å². The Balaban J connectivity index is 1.40. The number of pyridine rings is 1. The Morgan fingerprint density at radius 2 is 2.06 bits per heavy atom. The van der Waals surface area contributed by atoms with E-state index in [1.807, 2.05) is 46.8 Å². The third kappa shape index (κ3) is 4.55. The zero-order valence-electron chi connectivity index (χ0n) is 18.5. The zero-order valence-corrected chi connectivity index (χ0v) is 19.3. The highest BCUT2D eigenvalue weighted by molar-refractivity contribution is 7.08. The van der Waals surface area contributed by atoms with Crippen molar-refractivity contribution in [3.05, 3.63) is 52.5 Å². The van der Waals surface area contributed by atoms with E-state index in [1.165, 1.54) is 4.90 Å². The predicted octanol–water partition coefficient (Wildman–Crippen LogP) is 3.26. The van der Waals surface area contributed by atoms with E-state index in [0.717, 1.165) is 30.5 Å². The number of nitrogens with one attached hydrogen (secondary N) is 1. The summed E-state index contributed by atoms with van der Waals surface area (Å²) in [4.78, 5) is 46.5. The molecule has 4 amide bonds. The molecule has 170 valence electrons. The standard InChI is InChI=1S/C24H30N4O3S/c1-2-10-24(19-6-12-27(13-7-19)21(29)16-18-9-15-32-17-18)22(30)28(23(31)26-24)14-8-20-5-3-4-11-25-20/h3-5,9,11,15,17,19H,2,6-8,10,12-14,16H2,1H3,(H,26,31). The Labute approximate surface area is 192 Å². The van der Waals surface area contributed by atoms with Crippen molar-refractivity contribution >= 4 is 29.2 Å². The minimum Gasteiger partial charge on any atom is -0.342 e. The number of hydrogen-bond acceptors (Lipinski definition) is 5. The van der Waals surface area contributed by atoms with Crippen molar-refractivity contribution in [2.75, 3.05) is 19.6 Å². The van der Waals surface area contributed by atoms with Gasteiger partial charge in [0.1, 0.15) is 5.54 Å². The molecule has 0 radical (unpaired) electrons. The molecule has 0 saturated carbocycles. The largest absolute Gasteiger partial charge is 0.342 e. The quantitative estimate of drug-likeness (QED) is 0.621. The van der Waals surface area contributed by atoms with Gasteiger partial charge in [0, 0.05) is 37.9 Å². The second-order valence-electron chi connectivity index (χ2n) is 8.64. The SMILES string of the molecule is CCCC1(C2CCN(C(=O)Cc3ccsc3)CC2)NC(=O)N(CCc2ccccn2)C1=O. The Kier molecular flexibility index (Phi) is 6.89. The van der Waals surface area contributed by atoms with Crippen molar-refractivity contribution in [1.29, 1.82) is 0 Å². The van der Waals surface area contributed by atoms with Gasteiger partial charge in [-0.05, 0) is 59.7 Å². The first-order valence-electron chi connectivity index (χ1n) is 11.4. The van der Waals surface area contributed by atoms with Crippen LogP contribution in [-0.4, -0.2) is 57.8 Å². The average molecular weight is 455 g/mol. The molecule has 0 bridgehead atoms. The second-order valence-corrected chi connectivity index (χ2v) is 9.42. The topological polar surface area (TPSA) is 82.6 Å². The van der Waals surface area contributed by atoms with Crippen LogP contribution >= 0.6 is 11.3 Å². The molecule has 1 unspecified atom stereocenters. The lowest BCUT2D eigenvalue weighted by molar-refractivity contribution is -0.136. The highest BCUT2D eigenvalue weighted by Gasteiger charge is 2.55. The van der Waals surface area contributed by atoms with Gasteiger partial charge >= 0.3 is 6.03 Å². The number of piperidine rings is 1. The number of aromatic nitrogens is 1. The molecule has 2 saturated heterocycles. The van der Waals surface area contributed by atoms with Gasteiger partial charge in [0.2, 0.25) is 5.91 Å². The van der Waals surface area contributed by atoms with Crippen LogP contribution in [0.5, 0.6) is 0 Å². The van der Waals surface area contributed by atoms with Gasteiger partial charge in [-0.2, -0.15) is 11.3 Å². The fourth-order valence-electron chi connectivity index (χ4n) is 4.97. The number of urea groups is 1. The zero-order chi connectivity index (χ0) is 22.6. The van der Waals surface area contributed by atoms with Crippen LogP contribution in [0.25, 0.3) is 0 Å². The summed E-state index contributed by atoms with van der Waals surface area (Å²) in [6, 6.07) is 7.33. The molecule has 2 aliphatic heterocycles. The molecule has 0 aliphatic carbocycles. The van der Waals surface area contributed by atoms with Gasteiger partial charge < -0.3 is 10.2 Å². The molecule has 1 N–H and O–H groups in total. The smallest absolute Gasteiger partial charge is 0.325 e. The normalized spacial score (nSPS) is 21.8. The maximum Gasteiger partial charge on any atom is 0.325 e. The number of carbonyl (C=O) groups excluding carboxylic acids is 3. The molecular formula is C24H30N4O3S. The minimum absolute atomic E-state index is 0.0314. The van der Waals surface area contributed by atoms with E-state index in [1.54, 1.807) is 17.5 Å². The fraction of sp³-hybridized carbons (Fsp3) is 0.500. The number of imide groups is 1. The van der Waals surface area contributed by atoms with Crippen molar-refractivity contribution < 1.29 is 14.4 Å². The van der Waals surface area contributed by atoms with Gasteiger partial charge in [-0.25, -0.2) is 4.79 Å². The van der Waals surface area contributed by atoms with E-state index in [-0.39, 0.29) is 23.8 Å². The molecule has 2 fully saturated rings. The van der Waals surface area contributed by atoms with Gasteiger partial charge in [-0.3, -0.25) is 19.5 Å². The lowest BCUT2D eigenvalue weighted by Crippen LogP contribution is -2.56. The molecule has 32 heavy (non-hydrogen) atoms. The molecule has 2 aromatic rings. The lowest BCUT2D eigenvalue weighted by Gasteiger charge is -2.41. The van der Waals surface area contributed by atoms with E-state index in [0.29, 0.717) is 38.9 Å².